The average Bonchev–Trinajstić information content (AvgIpc) is 3.02. The second-order valence-electron chi connectivity index (χ2n) is 5.37. The molecule has 8 nitrogen and oxygen atoms in total. The third-order valence-electron chi connectivity index (χ3n) is 3.66. The van der Waals surface area contributed by atoms with E-state index in [1.165, 1.54) is 18.5 Å². The van der Waals surface area contributed by atoms with Crippen molar-refractivity contribution in [1.82, 2.24) is 15.4 Å². The van der Waals surface area contributed by atoms with Crippen molar-refractivity contribution in [3.63, 3.8) is 0 Å². The minimum atomic E-state index is -1.06. The van der Waals surface area contributed by atoms with Gasteiger partial charge in [-0.2, -0.15) is 0 Å². The van der Waals surface area contributed by atoms with Crippen LogP contribution in [-0.2, 0) is 12.8 Å². The van der Waals surface area contributed by atoms with E-state index in [4.69, 9.17) is 20.5 Å². The van der Waals surface area contributed by atoms with Crippen LogP contribution in [0.4, 0.5) is 0 Å². The average molecular weight is 340 g/mol. The summed E-state index contributed by atoms with van der Waals surface area (Å²) in [5.74, 6) is -0.511. The number of benzene rings is 1. The molecule has 0 unspecified atom stereocenters. The standard InChI is InChI=1S/C17H16N4O4/c18-12(9-20-24)11-2-3-15-13(8-11)21-16(25-15)4-1-10-5-6-19-14(7-10)17(22)23/h2-3,5-9,20,24H,1,4,18H2,(H,22,23). The lowest BCUT2D eigenvalue weighted by molar-refractivity contribution is 0.0690. The summed E-state index contributed by atoms with van der Waals surface area (Å²) in [5.41, 5.74) is 10.9. The number of pyridine rings is 1. The molecule has 2 aromatic heterocycles. The minimum absolute atomic E-state index is 0.0134. The Morgan fingerprint density at radius 2 is 2.12 bits per heavy atom. The largest absolute Gasteiger partial charge is 0.477 e. The van der Waals surface area contributed by atoms with Crippen LogP contribution in [0.5, 0.6) is 0 Å². The second kappa shape index (κ2) is 7.02. The first-order valence-corrected chi connectivity index (χ1v) is 7.50. The Labute approximate surface area is 142 Å². The highest BCUT2D eigenvalue weighted by Gasteiger charge is 2.09. The van der Waals surface area contributed by atoms with Gasteiger partial charge in [-0.05, 0) is 42.3 Å². The number of hydrogen-bond acceptors (Lipinski definition) is 7. The van der Waals surface area contributed by atoms with Gasteiger partial charge in [0.1, 0.15) is 11.2 Å². The zero-order valence-electron chi connectivity index (χ0n) is 13.1. The maximum atomic E-state index is 11.0. The first kappa shape index (κ1) is 16.5. The van der Waals surface area contributed by atoms with Crippen molar-refractivity contribution in [2.24, 2.45) is 5.73 Å². The highest BCUT2D eigenvalue weighted by molar-refractivity contribution is 5.85. The van der Waals surface area contributed by atoms with E-state index in [9.17, 15) is 4.79 Å². The van der Waals surface area contributed by atoms with Crippen LogP contribution in [0.15, 0.2) is 47.1 Å². The molecule has 3 rings (SSSR count). The van der Waals surface area contributed by atoms with Crippen molar-refractivity contribution < 1.29 is 19.5 Å². The molecule has 0 spiro atoms. The molecule has 0 saturated heterocycles. The highest BCUT2D eigenvalue weighted by Crippen LogP contribution is 2.20. The number of aromatic carboxylic acids is 1. The Hall–Kier alpha value is -3.39. The summed E-state index contributed by atoms with van der Waals surface area (Å²) in [5, 5.41) is 17.6. The molecule has 0 aliphatic heterocycles. The van der Waals surface area contributed by atoms with Crippen LogP contribution >= 0.6 is 0 Å². The SMILES string of the molecule is NC(=CNO)c1ccc2oc(CCc3ccnc(C(=O)O)c3)nc2c1. The van der Waals surface area contributed by atoms with E-state index in [2.05, 4.69) is 9.97 Å². The summed E-state index contributed by atoms with van der Waals surface area (Å²) >= 11 is 0. The van der Waals surface area contributed by atoms with E-state index < -0.39 is 5.97 Å². The fraction of sp³-hybridized carbons (Fsp3) is 0.118. The monoisotopic (exact) mass is 340 g/mol. The Bertz CT molecular complexity index is 949. The van der Waals surface area contributed by atoms with Crippen molar-refractivity contribution in [3.8, 4) is 0 Å². The number of oxazole rings is 1. The van der Waals surface area contributed by atoms with Crippen LogP contribution in [0.25, 0.3) is 16.8 Å². The van der Waals surface area contributed by atoms with E-state index >= 15 is 0 Å². The lowest BCUT2D eigenvalue weighted by Gasteiger charge is -2.00. The van der Waals surface area contributed by atoms with Gasteiger partial charge in [-0.3, -0.25) is 10.7 Å². The van der Waals surface area contributed by atoms with Gasteiger partial charge in [-0.1, -0.05) is 0 Å². The Morgan fingerprint density at radius 1 is 1.28 bits per heavy atom. The number of nitrogens with zero attached hydrogens (tertiary/aromatic N) is 2. The van der Waals surface area contributed by atoms with Crippen LogP contribution in [0, 0.1) is 0 Å². The summed E-state index contributed by atoms with van der Waals surface area (Å²) in [6, 6.07) is 8.59. The molecule has 0 saturated carbocycles. The number of hydrogen-bond donors (Lipinski definition) is 4. The first-order valence-electron chi connectivity index (χ1n) is 7.50. The van der Waals surface area contributed by atoms with Gasteiger partial charge in [0.25, 0.3) is 0 Å². The van der Waals surface area contributed by atoms with Gasteiger partial charge in [0.05, 0.1) is 5.70 Å². The van der Waals surface area contributed by atoms with Crippen LogP contribution in [-0.4, -0.2) is 26.3 Å². The molecule has 0 aliphatic carbocycles. The normalized spacial score (nSPS) is 11.6. The van der Waals surface area contributed by atoms with E-state index in [0.717, 1.165) is 5.56 Å². The lowest BCUT2D eigenvalue weighted by atomic mass is 10.1. The van der Waals surface area contributed by atoms with Crippen molar-refractivity contribution in [1.29, 1.82) is 0 Å². The van der Waals surface area contributed by atoms with E-state index in [1.54, 1.807) is 24.3 Å². The number of hydroxylamine groups is 1. The smallest absolute Gasteiger partial charge is 0.354 e. The van der Waals surface area contributed by atoms with Crippen LogP contribution in [0.2, 0.25) is 0 Å². The molecule has 8 heteroatoms. The topological polar surface area (TPSA) is 134 Å². The first-order chi connectivity index (χ1) is 12.1. The molecule has 3 aromatic rings. The fourth-order valence-corrected chi connectivity index (χ4v) is 2.41. The predicted molar refractivity (Wildman–Crippen MR) is 89.7 cm³/mol. The van der Waals surface area contributed by atoms with Crippen molar-refractivity contribution in [2.75, 3.05) is 0 Å². The number of carbonyl (C=O) groups is 1. The number of fused-ring (bicyclic) bond motifs is 1. The molecule has 128 valence electrons. The molecular weight excluding hydrogens is 324 g/mol. The van der Waals surface area contributed by atoms with Crippen LogP contribution in [0.1, 0.15) is 27.5 Å². The summed E-state index contributed by atoms with van der Waals surface area (Å²) in [6.45, 7) is 0. The Kier molecular flexibility index (Phi) is 4.62. The summed E-state index contributed by atoms with van der Waals surface area (Å²) in [4.78, 5) is 19.2. The quantitative estimate of drug-likeness (QED) is 0.500. The summed E-state index contributed by atoms with van der Waals surface area (Å²) in [6.07, 6.45) is 3.85. The van der Waals surface area contributed by atoms with Gasteiger partial charge in [0.15, 0.2) is 11.5 Å². The molecule has 1 aromatic carbocycles. The number of aryl methyl sites for hydroxylation is 2. The molecule has 0 fully saturated rings. The molecular formula is C17H16N4O4. The second-order valence-corrected chi connectivity index (χ2v) is 5.37. The van der Waals surface area contributed by atoms with E-state index in [1.807, 2.05) is 5.48 Å². The molecule has 0 radical (unpaired) electrons. The zero-order chi connectivity index (χ0) is 17.8. The number of aromatic nitrogens is 2. The van der Waals surface area contributed by atoms with Crippen LogP contribution in [0.3, 0.4) is 0 Å². The fourth-order valence-electron chi connectivity index (χ4n) is 2.41. The summed E-state index contributed by atoms with van der Waals surface area (Å²) in [7, 11) is 0. The van der Waals surface area contributed by atoms with Gasteiger partial charge in [0, 0.05) is 24.4 Å². The molecule has 0 amide bonds. The van der Waals surface area contributed by atoms with Gasteiger partial charge < -0.3 is 15.3 Å². The Morgan fingerprint density at radius 3 is 2.88 bits per heavy atom. The van der Waals surface area contributed by atoms with Gasteiger partial charge >= 0.3 is 5.97 Å². The van der Waals surface area contributed by atoms with Crippen molar-refractivity contribution in [2.45, 2.75) is 12.8 Å². The van der Waals surface area contributed by atoms with Crippen LogP contribution < -0.4 is 11.2 Å². The lowest BCUT2D eigenvalue weighted by Crippen LogP contribution is -2.03. The molecule has 0 aliphatic rings. The molecule has 25 heavy (non-hydrogen) atoms. The van der Waals surface area contributed by atoms with E-state index in [0.29, 0.717) is 41.1 Å². The number of carboxylic acid groups (broad SMARTS) is 1. The number of nitrogens with two attached hydrogens (primary N) is 1. The molecule has 0 atom stereocenters. The minimum Gasteiger partial charge on any atom is -0.477 e. The number of rotatable bonds is 6. The van der Waals surface area contributed by atoms with Crippen molar-refractivity contribution in [3.05, 3.63) is 65.4 Å². The Balaban J connectivity index is 1.77. The highest BCUT2D eigenvalue weighted by atomic mass is 16.5. The molecule has 5 N–H and O–H groups in total. The van der Waals surface area contributed by atoms with Gasteiger partial charge in [0.2, 0.25) is 0 Å². The summed E-state index contributed by atoms with van der Waals surface area (Å²) < 4.78 is 5.69. The van der Waals surface area contributed by atoms with E-state index in [-0.39, 0.29) is 5.69 Å². The molecule has 0 bridgehead atoms. The number of carboxylic acids is 1. The third-order valence-corrected chi connectivity index (χ3v) is 3.66. The molecule has 2 heterocycles. The predicted octanol–water partition coefficient (Wildman–Crippen LogP) is 1.94. The van der Waals surface area contributed by atoms with Gasteiger partial charge in [-0.15, -0.1) is 0 Å². The number of nitrogens with one attached hydrogen (secondary N) is 1. The maximum absolute atomic E-state index is 11.0. The maximum Gasteiger partial charge on any atom is 0.354 e. The third kappa shape index (κ3) is 3.75. The van der Waals surface area contributed by atoms with Crippen molar-refractivity contribution >= 4 is 22.8 Å². The zero-order valence-corrected chi connectivity index (χ0v) is 13.1. The van der Waals surface area contributed by atoms with Gasteiger partial charge in [-0.25, -0.2) is 14.8 Å².